The lowest BCUT2D eigenvalue weighted by molar-refractivity contribution is 0.454. The molecule has 29 heavy (non-hydrogen) atoms. The van der Waals surface area contributed by atoms with E-state index in [1.165, 1.54) is 36.8 Å². The first-order valence-corrected chi connectivity index (χ1v) is 11.3. The normalized spacial score (nSPS) is 10.7. The van der Waals surface area contributed by atoms with E-state index in [1.54, 1.807) is 0 Å². The Hall–Kier alpha value is -2.26. The molecule has 0 heterocycles. The molecular formula is C26H29BrO2. The molecule has 152 valence electrons. The van der Waals surface area contributed by atoms with Crippen LogP contribution in [-0.4, -0.2) is 0 Å². The van der Waals surface area contributed by atoms with Crippen LogP contribution in [0.2, 0.25) is 0 Å². The second-order valence-electron chi connectivity index (χ2n) is 7.27. The van der Waals surface area contributed by atoms with Gasteiger partial charge in [-0.1, -0.05) is 57.0 Å². The van der Waals surface area contributed by atoms with Crippen LogP contribution in [0.3, 0.4) is 0 Å². The molecule has 0 atom stereocenters. The molecule has 0 spiro atoms. The van der Waals surface area contributed by atoms with Crippen molar-refractivity contribution in [3.63, 3.8) is 0 Å². The molecule has 0 N–H and O–H groups in total. The minimum Gasteiger partial charge on any atom is -0.456 e. The summed E-state index contributed by atoms with van der Waals surface area (Å²) in [5.74, 6) is 3.12. The second kappa shape index (κ2) is 11.1. The summed E-state index contributed by atoms with van der Waals surface area (Å²) in [6.45, 7) is 4.43. The zero-order chi connectivity index (χ0) is 20.5. The maximum atomic E-state index is 6.08. The topological polar surface area (TPSA) is 18.5 Å². The van der Waals surface area contributed by atoms with E-state index in [4.69, 9.17) is 9.47 Å². The molecule has 3 aromatic carbocycles. The van der Waals surface area contributed by atoms with Gasteiger partial charge < -0.3 is 9.47 Å². The number of halogens is 1. The zero-order valence-corrected chi connectivity index (χ0v) is 18.9. The summed E-state index contributed by atoms with van der Waals surface area (Å²) in [6.07, 6.45) is 7.07. The molecule has 0 aromatic heterocycles. The minimum atomic E-state index is 0.739. The van der Waals surface area contributed by atoms with Crippen molar-refractivity contribution in [2.24, 2.45) is 0 Å². The fourth-order valence-electron chi connectivity index (χ4n) is 3.11. The van der Waals surface area contributed by atoms with E-state index in [1.807, 2.05) is 42.5 Å². The SMILES string of the molecule is CCCCc1ccc(Oc2cccc(Oc3ccc(CCCC)cc3)c2Br)cc1. The van der Waals surface area contributed by atoms with Crippen LogP contribution >= 0.6 is 15.9 Å². The van der Waals surface area contributed by atoms with Crippen LogP contribution in [0.1, 0.15) is 50.7 Å². The van der Waals surface area contributed by atoms with Gasteiger partial charge in [0.2, 0.25) is 0 Å². The number of aryl methyl sites for hydroxylation is 2. The van der Waals surface area contributed by atoms with Crippen molar-refractivity contribution >= 4 is 15.9 Å². The van der Waals surface area contributed by atoms with E-state index < -0.39 is 0 Å². The van der Waals surface area contributed by atoms with Gasteiger partial charge in [-0.3, -0.25) is 0 Å². The Kier molecular flexibility index (Phi) is 8.18. The Morgan fingerprint density at radius 3 is 1.41 bits per heavy atom. The first kappa shape index (κ1) is 21.4. The molecule has 0 saturated heterocycles. The van der Waals surface area contributed by atoms with Crippen LogP contribution in [0.25, 0.3) is 0 Å². The summed E-state index contributed by atoms with van der Waals surface area (Å²) in [7, 11) is 0. The summed E-state index contributed by atoms with van der Waals surface area (Å²) in [6, 6.07) is 22.5. The maximum absolute atomic E-state index is 6.08. The molecule has 3 aromatic rings. The third-order valence-electron chi connectivity index (χ3n) is 4.87. The molecule has 0 aliphatic heterocycles. The monoisotopic (exact) mass is 452 g/mol. The fourth-order valence-corrected chi connectivity index (χ4v) is 3.54. The highest BCUT2D eigenvalue weighted by atomic mass is 79.9. The van der Waals surface area contributed by atoms with Gasteiger partial charge in [-0.2, -0.15) is 0 Å². The number of unbranched alkanes of at least 4 members (excludes halogenated alkanes) is 2. The van der Waals surface area contributed by atoms with Gasteiger partial charge in [-0.05, 0) is 89.1 Å². The van der Waals surface area contributed by atoms with Crippen LogP contribution in [0, 0.1) is 0 Å². The van der Waals surface area contributed by atoms with Crippen LogP contribution in [0.5, 0.6) is 23.0 Å². The highest BCUT2D eigenvalue weighted by molar-refractivity contribution is 9.10. The van der Waals surface area contributed by atoms with Crippen molar-refractivity contribution in [2.75, 3.05) is 0 Å². The molecule has 0 radical (unpaired) electrons. The van der Waals surface area contributed by atoms with E-state index in [0.717, 1.165) is 40.3 Å². The molecule has 0 bridgehead atoms. The van der Waals surface area contributed by atoms with Gasteiger partial charge >= 0.3 is 0 Å². The minimum absolute atomic E-state index is 0.739. The Bertz CT molecular complexity index is 814. The van der Waals surface area contributed by atoms with Crippen molar-refractivity contribution in [1.82, 2.24) is 0 Å². The van der Waals surface area contributed by atoms with E-state index in [-0.39, 0.29) is 0 Å². The van der Waals surface area contributed by atoms with Gasteiger partial charge in [0.15, 0.2) is 0 Å². The predicted octanol–water partition coefficient (Wildman–Crippen LogP) is 8.72. The average Bonchev–Trinajstić information content (AvgIpc) is 2.75. The molecule has 2 nitrogen and oxygen atoms in total. The summed E-state index contributed by atoms with van der Waals surface area (Å²) < 4.78 is 13.0. The molecule has 3 heteroatoms. The first-order valence-electron chi connectivity index (χ1n) is 10.5. The predicted molar refractivity (Wildman–Crippen MR) is 124 cm³/mol. The van der Waals surface area contributed by atoms with Crippen LogP contribution in [-0.2, 0) is 12.8 Å². The number of hydrogen-bond donors (Lipinski definition) is 0. The van der Waals surface area contributed by atoms with Gasteiger partial charge in [-0.25, -0.2) is 0 Å². The standard InChI is InChI=1S/C26H29BrO2/c1-3-5-8-20-12-16-22(17-13-20)28-24-10-7-11-25(26(24)27)29-23-18-14-21(15-19-23)9-6-4-2/h7,10-19H,3-6,8-9H2,1-2H3. The Morgan fingerprint density at radius 2 is 1.03 bits per heavy atom. The number of ether oxygens (including phenoxy) is 2. The molecule has 0 aliphatic rings. The summed E-state index contributed by atoms with van der Waals surface area (Å²) in [5, 5.41) is 0. The molecule has 0 unspecified atom stereocenters. The molecule has 0 saturated carbocycles. The Balaban J connectivity index is 1.67. The smallest absolute Gasteiger partial charge is 0.145 e. The van der Waals surface area contributed by atoms with Crippen molar-refractivity contribution in [2.45, 2.75) is 52.4 Å². The lowest BCUT2D eigenvalue weighted by Gasteiger charge is -2.13. The van der Waals surface area contributed by atoms with E-state index in [0.29, 0.717) is 0 Å². The fraction of sp³-hybridized carbons (Fsp3) is 0.308. The quantitative estimate of drug-likeness (QED) is 0.306. The average molecular weight is 453 g/mol. The van der Waals surface area contributed by atoms with E-state index in [2.05, 4.69) is 54.0 Å². The zero-order valence-electron chi connectivity index (χ0n) is 17.3. The van der Waals surface area contributed by atoms with Gasteiger partial charge in [0, 0.05) is 0 Å². The number of hydrogen-bond acceptors (Lipinski definition) is 2. The molecule has 3 rings (SSSR count). The molecular weight excluding hydrogens is 424 g/mol. The van der Waals surface area contributed by atoms with Crippen molar-refractivity contribution in [3.8, 4) is 23.0 Å². The number of benzene rings is 3. The molecule has 0 amide bonds. The second-order valence-corrected chi connectivity index (χ2v) is 8.06. The lowest BCUT2D eigenvalue weighted by atomic mass is 10.1. The van der Waals surface area contributed by atoms with Crippen LogP contribution < -0.4 is 9.47 Å². The highest BCUT2D eigenvalue weighted by Crippen LogP contribution is 2.39. The number of rotatable bonds is 10. The van der Waals surface area contributed by atoms with Crippen molar-refractivity contribution in [3.05, 3.63) is 82.3 Å². The molecule has 0 aliphatic carbocycles. The van der Waals surface area contributed by atoms with Crippen molar-refractivity contribution < 1.29 is 9.47 Å². The first-order chi connectivity index (χ1) is 14.2. The third-order valence-corrected chi connectivity index (χ3v) is 5.65. The Morgan fingerprint density at radius 1 is 0.621 bits per heavy atom. The van der Waals surface area contributed by atoms with Crippen LogP contribution in [0.15, 0.2) is 71.2 Å². The highest BCUT2D eigenvalue weighted by Gasteiger charge is 2.10. The van der Waals surface area contributed by atoms with Crippen molar-refractivity contribution in [1.29, 1.82) is 0 Å². The molecule has 0 fully saturated rings. The van der Waals surface area contributed by atoms with Gasteiger partial charge in [0.05, 0.1) is 0 Å². The largest absolute Gasteiger partial charge is 0.456 e. The Labute approximate surface area is 183 Å². The van der Waals surface area contributed by atoms with E-state index >= 15 is 0 Å². The van der Waals surface area contributed by atoms with Gasteiger partial charge in [0.25, 0.3) is 0 Å². The summed E-state index contributed by atoms with van der Waals surface area (Å²) in [4.78, 5) is 0. The maximum Gasteiger partial charge on any atom is 0.145 e. The summed E-state index contributed by atoms with van der Waals surface area (Å²) in [5.41, 5.74) is 2.69. The third kappa shape index (κ3) is 6.37. The summed E-state index contributed by atoms with van der Waals surface area (Å²) >= 11 is 3.64. The van der Waals surface area contributed by atoms with Crippen LogP contribution in [0.4, 0.5) is 0 Å². The van der Waals surface area contributed by atoms with Gasteiger partial charge in [0.1, 0.15) is 27.5 Å². The van der Waals surface area contributed by atoms with Gasteiger partial charge in [-0.15, -0.1) is 0 Å². The lowest BCUT2D eigenvalue weighted by Crippen LogP contribution is -1.91. The van der Waals surface area contributed by atoms with E-state index in [9.17, 15) is 0 Å².